The van der Waals surface area contributed by atoms with Crippen LogP contribution in [0.3, 0.4) is 0 Å². The number of rotatable bonds is 5. The molecule has 31 heavy (non-hydrogen) atoms. The van der Waals surface area contributed by atoms with Crippen LogP contribution in [0, 0.1) is 0 Å². The minimum absolute atomic E-state index is 0.0453. The molecule has 0 unspecified atom stereocenters. The number of H-pyrrole nitrogens is 1. The highest BCUT2D eigenvalue weighted by atomic mass is 19.4. The Balaban J connectivity index is 1.95. The molecule has 3 heterocycles. The predicted molar refractivity (Wildman–Crippen MR) is 102 cm³/mol. The van der Waals surface area contributed by atoms with E-state index in [0.29, 0.717) is 29.8 Å². The number of hydrogen-bond donors (Lipinski definition) is 1. The molecule has 1 aliphatic rings. The van der Waals surface area contributed by atoms with Crippen molar-refractivity contribution in [3.05, 3.63) is 45.6 Å². The van der Waals surface area contributed by atoms with Crippen LogP contribution in [0.15, 0.2) is 27.4 Å². The number of fused-ring (bicyclic) bond motifs is 3. The molecule has 8 nitrogen and oxygen atoms in total. The third-order valence-corrected chi connectivity index (χ3v) is 5.00. The first-order valence-electron chi connectivity index (χ1n) is 9.45. The Kier molecular flexibility index (Phi) is 5.11. The molecule has 0 aliphatic carbocycles. The summed E-state index contributed by atoms with van der Waals surface area (Å²) in [5.41, 5.74) is 1.79. The Hall–Kier alpha value is -3.50. The first-order chi connectivity index (χ1) is 14.7. The van der Waals surface area contributed by atoms with Crippen LogP contribution in [0.5, 0.6) is 5.75 Å². The molecule has 0 atom stereocenters. The third-order valence-electron chi connectivity index (χ3n) is 5.00. The van der Waals surface area contributed by atoms with Crippen molar-refractivity contribution in [2.75, 3.05) is 13.7 Å². The Labute approximate surface area is 173 Å². The fraction of sp³-hybridized carbons (Fsp3) is 0.350. The van der Waals surface area contributed by atoms with Gasteiger partial charge >= 0.3 is 17.9 Å². The maximum atomic E-state index is 13.3. The van der Waals surface area contributed by atoms with Crippen molar-refractivity contribution in [2.45, 2.75) is 32.5 Å². The molecule has 0 spiro atoms. The standard InChI is InChI=1S/C20H18F3N3O5/c1-3-30-18(27)14-6-11(9-20(21,22)23)16-12-8-13(17-24-25-19(28)31-17)15(29-2)7-10(12)4-5-26(14)16/h6-8H,3-5,9H2,1-2H3,(H,25,28). The van der Waals surface area contributed by atoms with Gasteiger partial charge in [0.1, 0.15) is 11.4 Å². The largest absolute Gasteiger partial charge is 0.496 e. The molecule has 1 N–H and O–H groups in total. The zero-order valence-electron chi connectivity index (χ0n) is 16.6. The quantitative estimate of drug-likeness (QED) is 0.615. The van der Waals surface area contributed by atoms with Crippen LogP contribution in [0.1, 0.15) is 28.5 Å². The van der Waals surface area contributed by atoms with E-state index < -0.39 is 24.3 Å². The van der Waals surface area contributed by atoms with Crippen LogP contribution >= 0.6 is 0 Å². The average Bonchev–Trinajstić information content (AvgIpc) is 3.29. The normalized spacial score (nSPS) is 12.9. The van der Waals surface area contributed by atoms with Crippen molar-refractivity contribution < 1.29 is 31.9 Å². The van der Waals surface area contributed by atoms with Crippen LogP contribution in [-0.4, -0.2) is 40.6 Å². The minimum atomic E-state index is -4.48. The van der Waals surface area contributed by atoms with Crippen LogP contribution < -0.4 is 10.5 Å². The van der Waals surface area contributed by atoms with E-state index in [4.69, 9.17) is 13.9 Å². The van der Waals surface area contributed by atoms with E-state index in [0.717, 1.165) is 5.56 Å². The number of hydrogen-bond acceptors (Lipinski definition) is 6. The second kappa shape index (κ2) is 7.64. The summed E-state index contributed by atoms with van der Waals surface area (Å²) in [5, 5.41) is 5.94. The number of ether oxygens (including phenoxy) is 2. The molecule has 0 amide bonds. The zero-order chi connectivity index (χ0) is 22.3. The molecular weight excluding hydrogens is 419 g/mol. The van der Waals surface area contributed by atoms with Gasteiger partial charge in [0.25, 0.3) is 5.89 Å². The van der Waals surface area contributed by atoms with Gasteiger partial charge in [-0.05, 0) is 42.7 Å². The number of aromatic amines is 1. The van der Waals surface area contributed by atoms with Gasteiger partial charge < -0.3 is 18.5 Å². The smallest absolute Gasteiger partial charge is 0.434 e. The van der Waals surface area contributed by atoms with Gasteiger partial charge in [-0.3, -0.25) is 0 Å². The maximum absolute atomic E-state index is 13.3. The molecule has 4 rings (SSSR count). The van der Waals surface area contributed by atoms with Crippen molar-refractivity contribution in [3.8, 4) is 28.5 Å². The number of halogens is 3. The lowest BCUT2D eigenvalue weighted by Gasteiger charge is -2.24. The summed E-state index contributed by atoms with van der Waals surface area (Å²) >= 11 is 0. The Morgan fingerprint density at radius 2 is 2.06 bits per heavy atom. The van der Waals surface area contributed by atoms with Crippen molar-refractivity contribution in [1.82, 2.24) is 14.8 Å². The highest BCUT2D eigenvalue weighted by molar-refractivity contribution is 5.91. The second-order valence-electron chi connectivity index (χ2n) is 6.95. The maximum Gasteiger partial charge on any atom is 0.434 e. The molecule has 11 heteroatoms. The van der Waals surface area contributed by atoms with Gasteiger partial charge in [-0.25, -0.2) is 14.7 Å². The van der Waals surface area contributed by atoms with Crippen molar-refractivity contribution in [3.63, 3.8) is 0 Å². The minimum Gasteiger partial charge on any atom is -0.496 e. The number of aromatic nitrogens is 3. The topological polar surface area (TPSA) is 99.4 Å². The zero-order valence-corrected chi connectivity index (χ0v) is 16.6. The van der Waals surface area contributed by atoms with Crippen LogP contribution in [0.2, 0.25) is 0 Å². The first-order valence-corrected chi connectivity index (χ1v) is 9.45. The number of benzene rings is 1. The van der Waals surface area contributed by atoms with Gasteiger partial charge in [0.15, 0.2) is 0 Å². The molecular formula is C20H18F3N3O5. The molecule has 3 aromatic rings. The van der Waals surface area contributed by atoms with Crippen molar-refractivity contribution >= 4 is 5.97 Å². The number of nitrogens with one attached hydrogen (secondary N) is 1. The Morgan fingerprint density at radius 3 is 2.68 bits per heavy atom. The van der Waals surface area contributed by atoms with Gasteiger partial charge in [0.2, 0.25) is 0 Å². The van der Waals surface area contributed by atoms with Crippen LogP contribution in [-0.2, 0) is 24.1 Å². The van der Waals surface area contributed by atoms with Crippen molar-refractivity contribution in [2.24, 2.45) is 0 Å². The lowest BCUT2D eigenvalue weighted by Crippen LogP contribution is -2.18. The molecule has 1 aliphatic heterocycles. The third kappa shape index (κ3) is 3.82. The van der Waals surface area contributed by atoms with E-state index in [2.05, 4.69) is 10.2 Å². The average molecular weight is 437 g/mol. The summed E-state index contributed by atoms with van der Waals surface area (Å²) in [6, 6.07) is 4.47. The van der Waals surface area contributed by atoms with Crippen LogP contribution in [0.25, 0.3) is 22.7 Å². The molecule has 0 bridgehead atoms. The van der Waals surface area contributed by atoms with Gasteiger partial charge in [-0.1, -0.05) is 0 Å². The lowest BCUT2D eigenvalue weighted by molar-refractivity contribution is -0.127. The predicted octanol–water partition coefficient (Wildman–Crippen LogP) is 3.34. The summed E-state index contributed by atoms with van der Waals surface area (Å²) in [7, 11) is 1.43. The molecule has 0 fully saturated rings. The SMILES string of the molecule is CCOC(=O)c1cc(CC(F)(F)F)c2n1CCc1cc(OC)c(-c3n[nH]c(=O)o3)cc1-2. The lowest BCUT2D eigenvalue weighted by atomic mass is 9.93. The van der Waals surface area contributed by atoms with E-state index in [1.54, 1.807) is 23.6 Å². The first kappa shape index (κ1) is 20.8. The number of methoxy groups -OCH3 is 1. The molecule has 164 valence electrons. The number of aryl methyl sites for hydroxylation is 1. The summed E-state index contributed by atoms with van der Waals surface area (Å²) in [6.45, 7) is 2.03. The number of esters is 1. The summed E-state index contributed by atoms with van der Waals surface area (Å²) < 4.78 is 56.9. The second-order valence-corrected chi connectivity index (χ2v) is 6.95. The van der Waals surface area contributed by atoms with E-state index in [-0.39, 0.29) is 29.4 Å². The van der Waals surface area contributed by atoms with Gasteiger partial charge in [0.05, 0.1) is 31.4 Å². The summed E-state index contributed by atoms with van der Waals surface area (Å²) in [4.78, 5) is 23.8. The van der Waals surface area contributed by atoms with Gasteiger partial charge in [0, 0.05) is 12.1 Å². The fourth-order valence-electron chi connectivity index (χ4n) is 3.84. The van der Waals surface area contributed by atoms with E-state index >= 15 is 0 Å². The van der Waals surface area contributed by atoms with Gasteiger partial charge in [-0.2, -0.15) is 13.2 Å². The number of carbonyl (C=O) groups excluding carboxylic acids is 1. The Morgan fingerprint density at radius 1 is 1.29 bits per heavy atom. The molecule has 2 aromatic heterocycles. The van der Waals surface area contributed by atoms with Gasteiger partial charge in [-0.15, -0.1) is 5.10 Å². The Bertz CT molecular complexity index is 1210. The molecule has 0 saturated heterocycles. The van der Waals surface area contributed by atoms with E-state index in [1.807, 2.05) is 0 Å². The summed E-state index contributed by atoms with van der Waals surface area (Å²) in [6.07, 6.45) is -5.23. The van der Waals surface area contributed by atoms with E-state index in [1.165, 1.54) is 13.2 Å². The summed E-state index contributed by atoms with van der Waals surface area (Å²) in [5.74, 6) is -1.17. The monoisotopic (exact) mass is 437 g/mol. The number of alkyl halides is 3. The fourth-order valence-corrected chi connectivity index (χ4v) is 3.84. The molecule has 1 aromatic carbocycles. The molecule has 0 saturated carbocycles. The van der Waals surface area contributed by atoms with Crippen LogP contribution in [0.4, 0.5) is 13.2 Å². The molecule has 0 radical (unpaired) electrons. The highest BCUT2D eigenvalue weighted by Gasteiger charge is 2.34. The van der Waals surface area contributed by atoms with Crippen molar-refractivity contribution in [1.29, 1.82) is 0 Å². The van der Waals surface area contributed by atoms with E-state index in [9.17, 15) is 22.8 Å². The highest BCUT2D eigenvalue weighted by Crippen LogP contribution is 2.42. The number of nitrogens with zero attached hydrogens (tertiary/aromatic N) is 2. The number of carbonyl (C=O) groups is 1.